The largest absolute Gasteiger partial charge is 0.345 e. The van der Waals surface area contributed by atoms with E-state index in [-0.39, 0.29) is 0 Å². The number of fused-ring (bicyclic) bond motifs is 1. The Morgan fingerprint density at radius 2 is 2.21 bits per heavy atom. The number of halogens is 2. The van der Waals surface area contributed by atoms with E-state index in [9.17, 15) is 0 Å². The predicted molar refractivity (Wildman–Crippen MR) is 63.5 cm³/mol. The maximum Gasteiger partial charge on any atom is 0.0511 e. The zero-order valence-corrected chi connectivity index (χ0v) is 10.1. The molecule has 2 rings (SSSR count). The van der Waals surface area contributed by atoms with Crippen molar-refractivity contribution in [1.82, 2.24) is 4.57 Å². The lowest BCUT2D eigenvalue weighted by atomic mass is 10.2. The second-order valence-electron chi connectivity index (χ2n) is 3.16. The molecule has 1 aromatic heterocycles. The Morgan fingerprint density at radius 3 is 2.79 bits per heavy atom. The number of aromatic nitrogens is 1. The molecule has 0 unspecified atom stereocenters. The van der Waals surface area contributed by atoms with Gasteiger partial charge in [-0.2, -0.15) is 0 Å². The van der Waals surface area contributed by atoms with Crippen molar-refractivity contribution in [1.29, 1.82) is 0 Å². The first-order valence-electron chi connectivity index (χ1n) is 4.28. The third-order valence-corrected chi connectivity index (χ3v) is 3.59. The van der Waals surface area contributed by atoms with Crippen LogP contribution in [0.2, 0.25) is 5.02 Å². The van der Waals surface area contributed by atoms with Crippen molar-refractivity contribution >= 4 is 38.4 Å². The van der Waals surface area contributed by atoms with Crippen LogP contribution in [0.5, 0.6) is 0 Å². The molecule has 0 bridgehead atoms. The summed E-state index contributed by atoms with van der Waals surface area (Å²) < 4.78 is 3.06. The van der Waals surface area contributed by atoms with Gasteiger partial charge in [0.15, 0.2) is 0 Å². The number of benzene rings is 1. The van der Waals surface area contributed by atoms with Crippen molar-refractivity contribution in [2.24, 2.45) is 12.8 Å². The van der Waals surface area contributed by atoms with E-state index >= 15 is 0 Å². The molecule has 2 N–H and O–H groups in total. The van der Waals surface area contributed by atoms with Gasteiger partial charge in [0, 0.05) is 29.1 Å². The topological polar surface area (TPSA) is 30.9 Å². The lowest BCUT2D eigenvalue weighted by Crippen LogP contribution is -2.03. The van der Waals surface area contributed by atoms with Gasteiger partial charge in [0.1, 0.15) is 0 Å². The average molecular weight is 274 g/mol. The molecule has 0 radical (unpaired) electrons. The van der Waals surface area contributed by atoms with Gasteiger partial charge in [0.2, 0.25) is 0 Å². The highest BCUT2D eigenvalue weighted by molar-refractivity contribution is 9.10. The molecule has 0 aliphatic heterocycles. The molecule has 1 aromatic carbocycles. The molecule has 0 saturated carbocycles. The molecule has 0 saturated heterocycles. The van der Waals surface area contributed by atoms with Crippen molar-refractivity contribution in [3.05, 3.63) is 33.4 Å². The molecule has 0 spiro atoms. The minimum Gasteiger partial charge on any atom is -0.345 e. The summed E-state index contributed by atoms with van der Waals surface area (Å²) in [5.41, 5.74) is 7.84. The van der Waals surface area contributed by atoms with Crippen molar-refractivity contribution in [3.8, 4) is 0 Å². The highest BCUT2D eigenvalue weighted by atomic mass is 79.9. The van der Waals surface area contributed by atoms with E-state index < -0.39 is 0 Å². The van der Waals surface area contributed by atoms with Crippen molar-refractivity contribution in [3.63, 3.8) is 0 Å². The number of nitrogens with two attached hydrogens (primary N) is 1. The van der Waals surface area contributed by atoms with Crippen LogP contribution >= 0.6 is 27.5 Å². The van der Waals surface area contributed by atoms with Crippen molar-refractivity contribution < 1.29 is 0 Å². The highest BCUT2D eigenvalue weighted by Gasteiger charge is 2.13. The molecule has 1 heterocycles. The Hall–Kier alpha value is -0.510. The molecule has 74 valence electrons. The van der Waals surface area contributed by atoms with Gasteiger partial charge in [-0.25, -0.2) is 0 Å². The molecule has 0 aliphatic carbocycles. The Kier molecular flexibility index (Phi) is 2.56. The first-order valence-corrected chi connectivity index (χ1v) is 5.45. The van der Waals surface area contributed by atoms with Crippen LogP contribution in [0.4, 0.5) is 0 Å². The molecule has 0 atom stereocenters. The Bertz CT molecular complexity index is 490. The quantitative estimate of drug-likeness (QED) is 0.850. The van der Waals surface area contributed by atoms with Crippen LogP contribution in [0, 0.1) is 0 Å². The average Bonchev–Trinajstić information content (AvgIpc) is 2.41. The first kappa shape index (κ1) is 10.0. The first-order chi connectivity index (χ1) is 6.66. The monoisotopic (exact) mass is 272 g/mol. The summed E-state index contributed by atoms with van der Waals surface area (Å²) in [5, 5.41) is 1.79. The zero-order chi connectivity index (χ0) is 10.3. The fourth-order valence-corrected chi connectivity index (χ4v) is 2.90. The van der Waals surface area contributed by atoms with E-state index in [0.29, 0.717) is 6.54 Å². The fourth-order valence-electron chi connectivity index (χ4n) is 1.67. The minimum absolute atomic E-state index is 0.502. The van der Waals surface area contributed by atoms with Gasteiger partial charge in [-0.05, 0) is 28.1 Å². The molecule has 2 aromatic rings. The third-order valence-electron chi connectivity index (χ3n) is 2.42. The Balaban J connectivity index is 2.94. The van der Waals surface area contributed by atoms with Gasteiger partial charge in [0.25, 0.3) is 0 Å². The number of hydrogen-bond donors (Lipinski definition) is 1. The van der Waals surface area contributed by atoms with Crippen LogP contribution in [0.15, 0.2) is 22.7 Å². The fraction of sp³-hybridized carbons (Fsp3) is 0.200. The van der Waals surface area contributed by atoms with Gasteiger partial charge in [-0.15, -0.1) is 0 Å². The molecule has 2 nitrogen and oxygen atoms in total. The van der Waals surface area contributed by atoms with E-state index in [1.54, 1.807) is 0 Å². The zero-order valence-electron chi connectivity index (χ0n) is 7.72. The predicted octanol–water partition coefficient (Wildman–Crippen LogP) is 3.05. The van der Waals surface area contributed by atoms with Crippen LogP contribution in [0.3, 0.4) is 0 Å². The van der Waals surface area contributed by atoms with Crippen LogP contribution < -0.4 is 5.73 Å². The summed E-state index contributed by atoms with van der Waals surface area (Å²) in [5.74, 6) is 0. The van der Waals surface area contributed by atoms with E-state index in [1.807, 2.05) is 25.2 Å². The Morgan fingerprint density at radius 1 is 1.50 bits per heavy atom. The van der Waals surface area contributed by atoms with Gasteiger partial charge in [-0.1, -0.05) is 17.7 Å². The normalized spacial score (nSPS) is 11.1. The van der Waals surface area contributed by atoms with Crippen LogP contribution in [0.25, 0.3) is 10.9 Å². The molecule has 14 heavy (non-hydrogen) atoms. The summed E-state index contributed by atoms with van der Waals surface area (Å²) in [7, 11) is 1.99. The highest BCUT2D eigenvalue weighted by Crippen LogP contribution is 2.34. The summed E-state index contributed by atoms with van der Waals surface area (Å²) in [4.78, 5) is 0. The summed E-state index contributed by atoms with van der Waals surface area (Å²) in [6.07, 6.45) is 0. The lowest BCUT2D eigenvalue weighted by molar-refractivity contribution is 0.844. The van der Waals surface area contributed by atoms with E-state index in [2.05, 4.69) is 20.5 Å². The molecule has 0 amide bonds. The number of hydrogen-bond acceptors (Lipinski definition) is 1. The number of rotatable bonds is 1. The van der Waals surface area contributed by atoms with E-state index in [0.717, 1.165) is 26.1 Å². The lowest BCUT2D eigenvalue weighted by Gasteiger charge is -2.00. The molecular formula is C10H10BrClN2. The third kappa shape index (κ3) is 1.28. The van der Waals surface area contributed by atoms with Gasteiger partial charge < -0.3 is 10.3 Å². The molecule has 4 heteroatoms. The molecule has 0 fully saturated rings. The standard InChI is InChI=1S/C10H10BrClN2/c1-14-7-4-2-3-6(12)9(7)10(11)8(14)5-13/h2-4H,5,13H2,1H3. The second-order valence-corrected chi connectivity index (χ2v) is 4.36. The number of nitrogens with zero attached hydrogens (tertiary/aromatic N) is 1. The van der Waals surface area contributed by atoms with Crippen molar-refractivity contribution in [2.45, 2.75) is 6.54 Å². The molecular weight excluding hydrogens is 263 g/mol. The smallest absolute Gasteiger partial charge is 0.0511 e. The van der Waals surface area contributed by atoms with Crippen LogP contribution in [-0.2, 0) is 13.6 Å². The minimum atomic E-state index is 0.502. The van der Waals surface area contributed by atoms with Gasteiger partial charge >= 0.3 is 0 Å². The van der Waals surface area contributed by atoms with Crippen LogP contribution in [-0.4, -0.2) is 4.57 Å². The van der Waals surface area contributed by atoms with E-state index in [4.69, 9.17) is 17.3 Å². The van der Waals surface area contributed by atoms with Crippen molar-refractivity contribution in [2.75, 3.05) is 0 Å². The van der Waals surface area contributed by atoms with Crippen LogP contribution in [0.1, 0.15) is 5.69 Å². The molecule has 0 aliphatic rings. The van der Waals surface area contributed by atoms with E-state index in [1.165, 1.54) is 0 Å². The van der Waals surface area contributed by atoms with Gasteiger partial charge in [-0.3, -0.25) is 0 Å². The SMILES string of the molecule is Cn1c(CN)c(Br)c2c(Cl)cccc21. The number of aryl methyl sites for hydroxylation is 1. The summed E-state index contributed by atoms with van der Waals surface area (Å²) >= 11 is 9.65. The summed E-state index contributed by atoms with van der Waals surface area (Å²) in [6, 6.07) is 5.86. The Labute approximate surface area is 95.8 Å². The second kappa shape index (κ2) is 3.57. The summed E-state index contributed by atoms with van der Waals surface area (Å²) in [6.45, 7) is 0.502. The van der Waals surface area contributed by atoms with Gasteiger partial charge in [0.05, 0.1) is 10.5 Å². The maximum absolute atomic E-state index is 6.12. The maximum atomic E-state index is 6.12.